The summed E-state index contributed by atoms with van der Waals surface area (Å²) in [5, 5.41) is 9.29. The predicted molar refractivity (Wildman–Crippen MR) is 392 cm³/mol. The average Bonchev–Trinajstić information content (AvgIpc) is 0.852. The number of hydrogen-bond donors (Lipinski definition) is 5. The Balaban J connectivity index is 0.000000208. The number of hydrazine groups is 1. The van der Waals surface area contributed by atoms with Crippen LogP contribution in [0.25, 0.3) is 0 Å². The molecule has 10 aromatic carbocycles. The number of halogens is 10. The normalized spacial score (nSPS) is 10.9. The zero-order valence-corrected chi connectivity index (χ0v) is 59.7. The van der Waals surface area contributed by atoms with Crippen LogP contribution < -0.4 is 27.5 Å². The topological polar surface area (TPSA) is 177 Å². The lowest BCUT2D eigenvalue weighted by Gasteiger charge is -2.24. The summed E-state index contributed by atoms with van der Waals surface area (Å²) in [4.78, 5) is 59.3. The van der Waals surface area contributed by atoms with Crippen LogP contribution in [0, 0.1) is 58.2 Å². The molecular formula is C85H86F10N6O5. The van der Waals surface area contributed by atoms with Crippen molar-refractivity contribution < 1.29 is 67.9 Å². The van der Waals surface area contributed by atoms with Gasteiger partial charge in [0.1, 0.15) is 58.2 Å². The van der Waals surface area contributed by atoms with E-state index in [2.05, 4.69) is 16.0 Å². The minimum Gasteiger partial charge on any atom is -0.370 e. The van der Waals surface area contributed by atoms with E-state index in [-0.39, 0.29) is 114 Å². The smallest absolute Gasteiger partial charge is 0.237 e. The minimum atomic E-state index is -0.515. The average molecular weight is 1460 g/mol. The minimum absolute atomic E-state index is 0.00685. The van der Waals surface area contributed by atoms with Gasteiger partial charge < -0.3 is 21.7 Å². The highest BCUT2D eigenvalue weighted by Crippen LogP contribution is 2.35. The third kappa shape index (κ3) is 28.1. The van der Waals surface area contributed by atoms with Crippen molar-refractivity contribution >= 4 is 29.5 Å². The molecule has 0 aliphatic rings. The van der Waals surface area contributed by atoms with Crippen molar-refractivity contribution in [3.8, 4) is 0 Å². The van der Waals surface area contributed by atoms with Crippen molar-refractivity contribution in [3.05, 3.63) is 356 Å². The second-order valence-electron chi connectivity index (χ2n) is 26.1. The molecule has 0 radical (unpaired) electrons. The van der Waals surface area contributed by atoms with Crippen LogP contribution in [0.2, 0.25) is 0 Å². The summed E-state index contributed by atoms with van der Waals surface area (Å²) >= 11 is 0. The molecule has 21 heteroatoms. The lowest BCUT2D eigenvalue weighted by atomic mass is 9.88. The number of amides is 5. The lowest BCUT2D eigenvalue weighted by Crippen LogP contribution is -2.43. The summed E-state index contributed by atoms with van der Waals surface area (Å²) in [5.41, 5.74) is 11.2. The molecule has 0 heterocycles. The molecule has 0 atom stereocenters. The molecule has 10 rings (SSSR count). The van der Waals surface area contributed by atoms with Crippen molar-refractivity contribution in [1.29, 1.82) is 0 Å². The van der Waals surface area contributed by atoms with E-state index >= 15 is 0 Å². The van der Waals surface area contributed by atoms with Crippen molar-refractivity contribution in [2.24, 2.45) is 11.6 Å². The van der Waals surface area contributed by atoms with Gasteiger partial charge in [0.05, 0.1) is 0 Å². The summed E-state index contributed by atoms with van der Waals surface area (Å²) in [7, 11) is 1.54. The first-order valence-corrected chi connectivity index (χ1v) is 34.1. The van der Waals surface area contributed by atoms with E-state index in [1.54, 1.807) is 135 Å². The Morgan fingerprint density at radius 3 is 0.745 bits per heavy atom. The number of nitrogens with two attached hydrogens (primary N) is 2. The van der Waals surface area contributed by atoms with E-state index in [1.807, 2.05) is 27.7 Å². The quantitative estimate of drug-likeness (QED) is 0.0195. The largest absolute Gasteiger partial charge is 0.370 e. The third-order valence-corrected chi connectivity index (χ3v) is 16.5. The fraction of sp³-hybridized carbons (Fsp3) is 0.235. The molecule has 0 unspecified atom stereocenters. The number of rotatable bonds is 22. The fourth-order valence-electron chi connectivity index (χ4n) is 11.5. The van der Waals surface area contributed by atoms with Crippen LogP contribution in [0.5, 0.6) is 0 Å². The maximum atomic E-state index is 13.6. The Labute approximate surface area is 612 Å². The van der Waals surface area contributed by atoms with Gasteiger partial charge in [-0.05, 0) is 219 Å². The van der Waals surface area contributed by atoms with Gasteiger partial charge in [0.25, 0.3) is 0 Å². The SMILES string of the molecule is CC(C)(C)NC(=O)CC(c1cccc(F)c1)c1cccc(F)c1.CC(C)N(N)C(=O)CC(c1cccc(F)c1)c1cccc(F)c1.CCNC(=O)CC(c1cccc(F)c1)c1cccc(F)c1.CNC(=O)CC(c1cccc(F)c1)c1cccc(F)c1.NC(=O)CC(c1cccc(F)c1)c1cccc(F)c1. The van der Waals surface area contributed by atoms with Gasteiger partial charge in [0.15, 0.2) is 0 Å². The van der Waals surface area contributed by atoms with Gasteiger partial charge >= 0.3 is 0 Å². The van der Waals surface area contributed by atoms with Crippen molar-refractivity contribution in [1.82, 2.24) is 21.0 Å². The Kier molecular flexibility index (Phi) is 32.7. The van der Waals surface area contributed by atoms with Crippen LogP contribution in [0.4, 0.5) is 43.9 Å². The molecule has 0 aromatic heterocycles. The number of carbonyl (C=O) groups excluding carboxylic acids is 5. The van der Waals surface area contributed by atoms with E-state index in [4.69, 9.17) is 11.6 Å². The highest BCUT2D eigenvalue weighted by Gasteiger charge is 2.26. The molecule has 7 N–H and O–H groups in total. The molecule has 10 aromatic rings. The van der Waals surface area contributed by atoms with Crippen LogP contribution in [-0.4, -0.2) is 59.7 Å². The summed E-state index contributed by atoms with van der Waals surface area (Å²) in [5.74, 6) is -1.39. The molecule has 0 saturated heterocycles. The van der Waals surface area contributed by atoms with Gasteiger partial charge in [-0.25, -0.2) is 49.7 Å². The Morgan fingerprint density at radius 1 is 0.349 bits per heavy atom. The molecule has 11 nitrogen and oxygen atoms in total. The second kappa shape index (κ2) is 41.3. The van der Waals surface area contributed by atoms with Gasteiger partial charge in [-0.1, -0.05) is 121 Å². The monoisotopic (exact) mass is 1460 g/mol. The van der Waals surface area contributed by atoms with Gasteiger partial charge in [-0.3, -0.25) is 29.0 Å². The summed E-state index contributed by atoms with van der Waals surface area (Å²) < 4.78 is 134. The van der Waals surface area contributed by atoms with E-state index in [0.29, 0.717) is 62.2 Å². The summed E-state index contributed by atoms with van der Waals surface area (Å²) in [6, 6.07) is 60.0. The first kappa shape index (κ1) is 83.8. The maximum absolute atomic E-state index is 13.6. The number of nitrogens with zero attached hydrogens (tertiary/aromatic N) is 1. The molecule has 106 heavy (non-hydrogen) atoms. The van der Waals surface area contributed by atoms with Gasteiger partial charge in [-0.2, -0.15) is 0 Å². The van der Waals surface area contributed by atoms with E-state index in [9.17, 15) is 67.9 Å². The Hall–Kier alpha value is -11.2. The Morgan fingerprint density at radius 2 is 0.557 bits per heavy atom. The zero-order chi connectivity index (χ0) is 77.6. The number of benzene rings is 10. The molecule has 0 saturated carbocycles. The van der Waals surface area contributed by atoms with Crippen LogP contribution in [0.3, 0.4) is 0 Å². The van der Waals surface area contributed by atoms with Gasteiger partial charge in [0.2, 0.25) is 29.5 Å². The number of hydrogen-bond acceptors (Lipinski definition) is 6. The van der Waals surface area contributed by atoms with Crippen molar-refractivity contribution in [2.75, 3.05) is 13.6 Å². The second-order valence-corrected chi connectivity index (χ2v) is 26.1. The molecule has 0 fully saturated rings. The van der Waals surface area contributed by atoms with Crippen molar-refractivity contribution in [2.45, 2.75) is 115 Å². The summed E-state index contributed by atoms with van der Waals surface area (Å²) in [6.07, 6.45) is 0.475. The standard InChI is InChI=1S/C19H21F2NO.C18H20F2N2O.C17H17F2NO.C16H15F2NO.C15H13F2NO/c1-19(2,3)22-18(23)12-17(13-6-4-8-15(20)10-13)14-7-5-9-16(21)11-14;1-12(2)22(21)18(23)11-17(13-5-3-7-15(19)9-13)14-6-4-8-16(20)10-14;1-2-20-17(21)11-16(12-5-3-7-14(18)9-12)13-6-4-8-15(19)10-13;1-19-16(20)10-15(11-4-2-6-13(17)8-11)12-5-3-7-14(18)9-12;16-12-5-1-3-10(7-12)14(9-15(18)19)11-4-2-6-13(17)8-11/h4-11,17H,12H2,1-3H3,(H,22,23);3-10,12,17H,11,21H2,1-2H3;3-10,16H,2,11H2,1H3,(H,20,21);2-9,15H,10H2,1H3,(H,19,20);1-8,14H,9H2,(H2,18,19). The lowest BCUT2D eigenvalue weighted by molar-refractivity contribution is -0.133. The van der Waals surface area contributed by atoms with E-state index < -0.39 is 46.9 Å². The molecule has 5 amide bonds. The van der Waals surface area contributed by atoms with E-state index in [1.165, 1.54) is 128 Å². The maximum Gasteiger partial charge on any atom is 0.237 e. The highest BCUT2D eigenvalue weighted by atomic mass is 19.2. The fourth-order valence-corrected chi connectivity index (χ4v) is 11.5. The first-order valence-electron chi connectivity index (χ1n) is 34.1. The number of primary amides is 1. The van der Waals surface area contributed by atoms with Crippen LogP contribution >= 0.6 is 0 Å². The molecule has 0 bridgehead atoms. The van der Waals surface area contributed by atoms with Crippen LogP contribution in [0.1, 0.15) is 159 Å². The van der Waals surface area contributed by atoms with Crippen LogP contribution in [-0.2, 0) is 24.0 Å². The highest BCUT2D eigenvalue weighted by molar-refractivity contribution is 5.79. The van der Waals surface area contributed by atoms with E-state index in [0.717, 1.165) is 5.01 Å². The van der Waals surface area contributed by atoms with Crippen LogP contribution in [0.15, 0.2) is 243 Å². The Bertz CT molecular complexity index is 4310. The molecular weight excluding hydrogens is 1370 g/mol. The molecule has 0 aliphatic carbocycles. The first-order chi connectivity index (χ1) is 50.4. The van der Waals surface area contributed by atoms with Crippen molar-refractivity contribution in [3.63, 3.8) is 0 Å². The summed E-state index contributed by atoms with van der Waals surface area (Å²) in [6.45, 7) is 11.6. The number of nitrogens with one attached hydrogen (secondary N) is 3. The van der Waals surface area contributed by atoms with Gasteiger partial charge in [0, 0.05) is 86.9 Å². The zero-order valence-electron chi connectivity index (χ0n) is 59.7. The van der Waals surface area contributed by atoms with Gasteiger partial charge in [-0.15, -0.1) is 0 Å². The third-order valence-electron chi connectivity index (χ3n) is 16.5. The molecule has 0 aliphatic heterocycles. The number of carbonyl (C=O) groups is 5. The molecule has 0 spiro atoms. The molecule has 556 valence electrons. The predicted octanol–water partition coefficient (Wildman–Crippen LogP) is 17.8.